The molecule has 1 heterocycles. The van der Waals surface area contributed by atoms with Gasteiger partial charge in [-0.2, -0.15) is 0 Å². The molecule has 0 bridgehead atoms. The Kier molecular flexibility index (Phi) is 5.47. The summed E-state index contributed by atoms with van der Waals surface area (Å²) in [4.78, 5) is 25.5. The van der Waals surface area contributed by atoms with Gasteiger partial charge >= 0.3 is 5.97 Å². The van der Waals surface area contributed by atoms with Crippen molar-refractivity contribution in [3.8, 4) is 0 Å². The van der Waals surface area contributed by atoms with E-state index in [1.807, 2.05) is 25.5 Å². The van der Waals surface area contributed by atoms with Crippen molar-refractivity contribution in [2.75, 3.05) is 6.61 Å². The highest BCUT2D eigenvalue weighted by Gasteiger charge is 2.41. The molecule has 2 aromatic carbocycles. The minimum atomic E-state index is -2.00. The highest BCUT2D eigenvalue weighted by atomic mass is 16.6. The molecule has 0 atom stereocenters. The molecule has 0 saturated heterocycles. The molecule has 1 aromatic heterocycles. The Balaban J connectivity index is 1.87. The van der Waals surface area contributed by atoms with E-state index in [1.165, 1.54) is 0 Å². The average Bonchev–Trinajstić information content (AvgIpc) is 2.99. The highest BCUT2D eigenvalue weighted by molar-refractivity contribution is 6.00. The van der Waals surface area contributed by atoms with E-state index >= 15 is 0 Å². The Morgan fingerprint density at radius 3 is 1.89 bits per heavy atom. The van der Waals surface area contributed by atoms with Crippen molar-refractivity contribution < 1.29 is 19.4 Å². The van der Waals surface area contributed by atoms with E-state index in [1.54, 1.807) is 66.7 Å². The number of hydrogen-bond donors (Lipinski definition) is 1. The standard InChI is InChI=1S/C23H23NO4/c1-16-14-20(17(2)24(16)3)21(25)15-28-22(26)23(27,18-10-6-4-7-11-18)19-12-8-5-9-13-19/h4-14,27H,15H2,1-3H3. The maximum Gasteiger partial charge on any atom is 0.348 e. The zero-order valence-corrected chi connectivity index (χ0v) is 16.2. The third-order valence-corrected chi connectivity index (χ3v) is 5.09. The van der Waals surface area contributed by atoms with Crippen LogP contribution < -0.4 is 0 Å². The van der Waals surface area contributed by atoms with E-state index in [0.29, 0.717) is 16.7 Å². The monoisotopic (exact) mass is 377 g/mol. The lowest BCUT2D eigenvalue weighted by Crippen LogP contribution is -2.39. The second-order valence-corrected chi connectivity index (χ2v) is 6.79. The van der Waals surface area contributed by atoms with E-state index in [2.05, 4.69) is 0 Å². The van der Waals surface area contributed by atoms with Gasteiger partial charge in [-0.3, -0.25) is 4.79 Å². The van der Waals surface area contributed by atoms with E-state index in [4.69, 9.17) is 4.74 Å². The molecule has 3 rings (SSSR count). The molecule has 0 aliphatic heterocycles. The number of Topliss-reactive ketones (excluding diaryl/α,β-unsaturated/α-hetero) is 1. The normalized spacial score (nSPS) is 11.3. The number of ether oxygens (including phenoxy) is 1. The quantitative estimate of drug-likeness (QED) is 0.529. The zero-order chi connectivity index (χ0) is 20.3. The number of aromatic nitrogens is 1. The first-order chi connectivity index (χ1) is 13.4. The van der Waals surface area contributed by atoms with Crippen LogP contribution >= 0.6 is 0 Å². The number of aliphatic hydroxyl groups is 1. The molecule has 0 radical (unpaired) electrons. The predicted molar refractivity (Wildman–Crippen MR) is 106 cm³/mol. The molecule has 0 saturated carbocycles. The van der Waals surface area contributed by atoms with Gasteiger partial charge in [0.05, 0.1) is 0 Å². The summed E-state index contributed by atoms with van der Waals surface area (Å²) in [6.45, 7) is 3.30. The number of benzene rings is 2. The van der Waals surface area contributed by atoms with Gasteiger partial charge in [-0.25, -0.2) is 4.79 Å². The van der Waals surface area contributed by atoms with Crippen molar-refractivity contribution in [1.29, 1.82) is 0 Å². The summed E-state index contributed by atoms with van der Waals surface area (Å²) in [6, 6.07) is 18.9. The SMILES string of the molecule is Cc1cc(C(=O)COC(=O)C(O)(c2ccccc2)c2ccccc2)c(C)n1C. The van der Waals surface area contributed by atoms with Crippen molar-refractivity contribution in [1.82, 2.24) is 4.57 Å². The molecular formula is C23H23NO4. The van der Waals surface area contributed by atoms with Gasteiger partial charge in [-0.15, -0.1) is 0 Å². The number of nitrogens with zero attached hydrogens (tertiary/aromatic N) is 1. The molecule has 3 aromatic rings. The van der Waals surface area contributed by atoms with Crippen LogP contribution in [0.1, 0.15) is 32.9 Å². The van der Waals surface area contributed by atoms with Gasteiger partial charge in [-0.1, -0.05) is 60.7 Å². The summed E-state index contributed by atoms with van der Waals surface area (Å²) in [7, 11) is 1.87. The second-order valence-electron chi connectivity index (χ2n) is 6.79. The lowest BCUT2D eigenvalue weighted by atomic mass is 9.86. The Morgan fingerprint density at radius 2 is 1.46 bits per heavy atom. The van der Waals surface area contributed by atoms with Crippen molar-refractivity contribution in [3.05, 3.63) is 94.8 Å². The van der Waals surface area contributed by atoms with Crippen molar-refractivity contribution in [2.24, 2.45) is 7.05 Å². The number of carbonyl (C=O) groups is 2. The summed E-state index contributed by atoms with van der Waals surface area (Å²) < 4.78 is 7.19. The number of rotatable bonds is 6. The fraction of sp³-hybridized carbons (Fsp3) is 0.217. The van der Waals surface area contributed by atoms with E-state index in [-0.39, 0.29) is 5.78 Å². The molecule has 5 nitrogen and oxygen atoms in total. The van der Waals surface area contributed by atoms with E-state index in [0.717, 1.165) is 11.4 Å². The Labute approximate surface area is 164 Å². The Morgan fingerprint density at radius 1 is 0.964 bits per heavy atom. The van der Waals surface area contributed by atoms with Crippen LogP contribution in [0.3, 0.4) is 0 Å². The molecule has 1 N–H and O–H groups in total. The molecule has 144 valence electrons. The Bertz CT molecular complexity index is 951. The fourth-order valence-electron chi connectivity index (χ4n) is 3.21. The first kappa shape index (κ1) is 19.6. The van der Waals surface area contributed by atoms with Crippen LogP contribution in [0.2, 0.25) is 0 Å². The first-order valence-corrected chi connectivity index (χ1v) is 9.02. The van der Waals surface area contributed by atoms with Crippen molar-refractivity contribution >= 4 is 11.8 Å². The number of esters is 1. The van der Waals surface area contributed by atoms with Crippen molar-refractivity contribution in [2.45, 2.75) is 19.4 Å². The van der Waals surface area contributed by atoms with Gasteiger partial charge in [0.25, 0.3) is 0 Å². The van der Waals surface area contributed by atoms with Crippen molar-refractivity contribution in [3.63, 3.8) is 0 Å². The molecule has 28 heavy (non-hydrogen) atoms. The topological polar surface area (TPSA) is 68.5 Å². The summed E-state index contributed by atoms with van der Waals surface area (Å²) >= 11 is 0. The van der Waals surface area contributed by atoms with Crippen LogP contribution in [0.4, 0.5) is 0 Å². The molecule has 0 aliphatic carbocycles. The number of carbonyl (C=O) groups excluding carboxylic acids is 2. The summed E-state index contributed by atoms with van der Waals surface area (Å²) in [5, 5.41) is 11.3. The van der Waals surface area contributed by atoms with Crippen LogP contribution in [0.5, 0.6) is 0 Å². The van der Waals surface area contributed by atoms with Gasteiger partial charge in [0.1, 0.15) is 0 Å². The lowest BCUT2D eigenvalue weighted by molar-refractivity contribution is -0.160. The number of ketones is 1. The van der Waals surface area contributed by atoms with Gasteiger partial charge in [-0.05, 0) is 31.0 Å². The summed E-state index contributed by atoms with van der Waals surface area (Å²) in [6.07, 6.45) is 0. The largest absolute Gasteiger partial charge is 0.455 e. The smallest absolute Gasteiger partial charge is 0.348 e. The van der Waals surface area contributed by atoms with Crippen LogP contribution in [0.25, 0.3) is 0 Å². The molecule has 5 heteroatoms. The fourth-order valence-corrected chi connectivity index (χ4v) is 3.21. The predicted octanol–water partition coefficient (Wildman–Crippen LogP) is 3.30. The van der Waals surface area contributed by atoms with Gasteiger partial charge in [0.15, 0.2) is 6.61 Å². The molecule has 0 amide bonds. The Hall–Kier alpha value is -3.18. The maximum atomic E-state index is 12.9. The lowest BCUT2D eigenvalue weighted by Gasteiger charge is -2.26. The third-order valence-electron chi connectivity index (χ3n) is 5.09. The van der Waals surface area contributed by atoms with Gasteiger partial charge in [0, 0.05) is 24.0 Å². The number of hydrogen-bond acceptors (Lipinski definition) is 4. The van der Waals surface area contributed by atoms with E-state index < -0.39 is 18.2 Å². The van der Waals surface area contributed by atoms with Crippen LogP contribution in [0.15, 0.2) is 66.7 Å². The zero-order valence-electron chi connectivity index (χ0n) is 16.2. The minimum Gasteiger partial charge on any atom is -0.455 e. The average molecular weight is 377 g/mol. The molecule has 0 fully saturated rings. The van der Waals surface area contributed by atoms with Crippen LogP contribution in [-0.2, 0) is 22.2 Å². The third kappa shape index (κ3) is 3.49. The van der Waals surface area contributed by atoms with Crippen LogP contribution in [0, 0.1) is 13.8 Å². The highest BCUT2D eigenvalue weighted by Crippen LogP contribution is 2.31. The van der Waals surface area contributed by atoms with Gasteiger partial charge in [0.2, 0.25) is 11.4 Å². The molecular weight excluding hydrogens is 354 g/mol. The van der Waals surface area contributed by atoms with Crippen LogP contribution in [-0.4, -0.2) is 28.0 Å². The first-order valence-electron chi connectivity index (χ1n) is 9.02. The molecule has 0 spiro atoms. The van der Waals surface area contributed by atoms with Gasteiger partial charge < -0.3 is 14.4 Å². The summed E-state index contributed by atoms with van der Waals surface area (Å²) in [5.41, 5.74) is 1.02. The molecule has 0 aliphatic rings. The number of aryl methyl sites for hydroxylation is 1. The summed E-state index contributed by atoms with van der Waals surface area (Å²) in [5.74, 6) is -1.19. The van der Waals surface area contributed by atoms with E-state index in [9.17, 15) is 14.7 Å². The second kappa shape index (κ2) is 7.82. The molecule has 0 unspecified atom stereocenters. The minimum absolute atomic E-state index is 0.307. The maximum absolute atomic E-state index is 12.9.